The molecule has 0 aliphatic carbocycles. The molecule has 0 amide bonds. The van der Waals surface area contributed by atoms with Gasteiger partial charge in [0.15, 0.2) is 0 Å². The molecule has 1 aromatic heterocycles. The third-order valence-electron chi connectivity index (χ3n) is 2.48. The lowest BCUT2D eigenvalue weighted by Crippen LogP contribution is -2.15. The fraction of sp³-hybridized carbons (Fsp3) is 0.750. The predicted octanol–water partition coefficient (Wildman–Crippen LogP) is 2.56. The summed E-state index contributed by atoms with van der Waals surface area (Å²) in [5, 5.41) is 3.31. The average molecular weight is 257 g/mol. The average Bonchev–Trinajstić information content (AvgIpc) is 2.68. The lowest BCUT2D eigenvalue weighted by atomic mass is 10.4. The Labute approximate surface area is 108 Å². The molecule has 1 aromatic rings. The Balaban J connectivity index is 2.62. The maximum atomic E-state index is 5.03. The zero-order chi connectivity index (χ0) is 12.7. The highest BCUT2D eigenvalue weighted by molar-refractivity contribution is 7.99. The van der Waals surface area contributed by atoms with Crippen molar-refractivity contribution in [2.45, 2.75) is 26.8 Å². The highest BCUT2D eigenvalue weighted by Crippen LogP contribution is 2.19. The third-order valence-corrected chi connectivity index (χ3v) is 3.61. The summed E-state index contributed by atoms with van der Waals surface area (Å²) in [6.45, 7) is 7.93. The van der Waals surface area contributed by atoms with Crippen LogP contribution >= 0.6 is 11.8 Å². The minimum atomic E-state index is 0.464. The SMILES string of the molecule is CCSCC(C)n1cc(C)nc1NCCOC. The molecule has 5 heteroatoms. The summed E-state index contributed by atoms with van der Waals surface area (Å²) in [6, 6.07) is 0.464. The van der Waals surface area contributed by atoms with Crippen molar-refractivity contribution in [1.82, 2.24) is 9.55 Å². The molecule has 1 atom stereocenters. The molecule has 1 unspecified atom stereocenters. The molecule has 0 aliphatic heterocycles. The molecular weight excluding hydrogens is 234 g/mol. The van der Waals surface area contributed by atoms with Gasteiger partial charge in [-0.25, -0.2) is 4.98 Å². The standard InChI is InChI=1S/C12H23N3OS/c1-5-17-9-11(3)15-8-10(2)14-12(15)13-6-7-16-4/h8,11H,5-7,9H2,1-4H3,(H,13,14). The van der Waals surface area contributed by atoms with Gasteiger partial charge in [-0.1, -0.05) is 6.92 Å². The highest BCUT2D eigenvalue weighted by atomic mass is 32.2. The first kappa shape index (κ1) is 14.4. The Bertz CT molecular complexity index is 328. The van der Waals surface area contributed by atoms with E-state index in [1.54, 1.807) is 7.11 Å². The number of aryl methyl sites for hydroxylation is 1. The van der Waals surface area contributed by atoms with Gasteiger partial charge in [0.1, 0.15) is 0 Å². The first-order valence-corrected chi connectivity index (χ1v) is 7.20. The van der Waals surface area contributed by atoms with Crippen molar-refractivity contribution in [3.05, 3.63) is 11.9 Å². The number of methoxy groups -OCH3 is 1. The van der Waals surface area contributed by atoms with Crippen molar-refractivity contribution in [2.75, 3.05) is 37.1 Å². The first-order valence-electron chi connectivity index (χ1n) is 6.05. The molecule has 0 saturated carbocycles. The molecule has 0 bridgehead atoms. The third kappa shape index (κ3) is 4.60. The topological polar surface area (TPSA) is 39.1 Å². The number of ether oxygens (including phenoxy) is 1. The van der Waals surface area contributed by atoms with Crippen molar-refractivity contribution in [1.29, 1.82) is 0 Å². The maximum absolute atomic E-state index is 5.03. The number of thioether (sulfide) groups is 1. The van der Waals surface area contributed by atoms with Gasteiger partial charge >= 0.3 is 0 Å². The van der Waals surface area contributed by atoms with E-state index in [1.165, 1.54) is 0 Å². The summed E-state index contributed by atoms with van der Waals surface area (Å²) in [4.78, 5) is 4.50. The number of hydrogen-bond donors (Lipinski definition) is 1. The summed E-state index contributed by atoms with van der Waals surface area (Å²) in [5.74, 6) is 3.22. The van der Waals surface area contributed by atoms with Crippen molar-refractivity contribution < 1.29 is 4.74 Å². The molecule has 4 nitrogen and oxygen atoms in total. The second-order valence-corrected chi connectivity index (χ2v) is 5.36. The van der Waals surface area contributed by atoms with E-state index in [0.717, 1.165) is 29.7 Å². The number of imidazole rings is 1. The van der Waals surface area contributed by atoms with Crippen molar-refractivity contribution in [3.63, 3.8) is 0 Å². The second kappa shape index (κ2) is 7.61. The van der Waals surface area contributed by atoms with E-state index in [0.29, 0.717) is 12.6 Å². The number of rotatable bonds is 8. The normalized spacial score (nSPS) is 12.7. The van der Waals surface area contributed by atoms with E-state index < -0.39 is 0 Å². The fourth-order valence-corrected chi connectivity index (χ4v) is 2.35. The molecule has 0 aromatic carbocycles. The number of nitrogens with one attached hydrogen (secondary N) is 1. The maximum Gasteiger partial charge on any atom is 0.203 e. The van der Waals surface area contributed by atoms with Crippen LogP contribution in [0, 0.1) is 6.92 Å². The van der Waals surface area contributed by atoms with Gasteiger partial charge in [-0.2, -0.15) is 11.8 Å². The Morgan fingerprint density at radius 3 is 3.00 bits per heavy atom. The molecule has 1 heterocycles. The lowest BCUT2D eigenvalue weighted by molar-refractivity contribution is 0.210. The van der Waals surface area contributed by atoms with Crippen LogP contribution in [0.4, 0.5) is 5.95 Å². The van der Waals surface area contributed by atoms with Gasteiger partial charge < -0.3 is 14.6 Å². The molecule has 0 fully saturated rings. The second-order valence-electron chi connectivity index (χ2n) is 4.04. The quantitative estimate of drug-likeness (QED) is 0.727. The summed E-state index contributed by atoms with van der Waals surface area (Å²) in [7, 11) is 1.71. The zero-order valence-electron chi connectivity index (χ0n) is 11.2. The number of anilines is 1. The van der Waals surface area contributed by atoms with Gasteiger partial charge in [0.25, 0.3) is 0 Å². The minimum absolute atomic E-state index is 0.464. The Morgan fingerprint density at radius 2 is 2.35 bits per heavy atom. The van der Waals surface area contributed by atoms with Crippen LogP contribution in [0.25, 0.3) is 0 Å². The summed E-state index contributed by atoms with van der Waals surface area (Å²) in [5.41, 5.74) is 1.05. The number of hydrogen-bond acceptors (Lipinski definition) is 4. The molecule has 0 aliphatic rings. The first-order chi connectivity index (χ1) is 8.19. The Morgan fingerprint density at radius 1 is 1.59 bits per heavy atom. The minimum Gasteiger partial charge on any atom is -0.383 e. The lowest BCUT2D eigenvalue weighted by Gasteiger charge is -2.16. The smallest absolute Gasteiger partial charge is 0.203 e. The van der Waals surface area contributed by atoms with Gasteiger partial charge in [0.2, 0.25) is 5.95 Å². The van der Waals surface area contributed by atoms with Crippen molar-refractivity contribution >= 4 is 17.7 Å². The summed E-state index contributed by atoms with van der Waals surface area (Å²) >= 11 is 1.96. The van der Waals surface area contributed by atoms with Crippen LogP contribution < -0.4 is 5.32 Å². The van der Waals surface area contributed by atoms with Crippen LogP contribution in [-0.4, -0.2) is 41.3 Å². The van der Waals surface area contributed by atoms with Crippen LogP contribution in [0.5, 0.6) is 0 Å². The molecule has 0 radical (unpaired) electrons. The molecule has 98 valence electrons. The van der Waals surface area contributed by atoms with Gasteiger partial charge in [-0.15, -0.1) is 0 Å². The van der Waals surface area contributed by atoms with Gasteiger partial charge in [-0.05, 0) is 19.6 Å². The van der Waals surface area contributed by atoms with Crippen LogP contribution in [0.15, 0.2) is 6.20 Å². The van der Waals surface area contributed by atoms with Crippen molar-refractivity contribution in [3.8, 4) is 0 Å². The van der Waals surface area contributed by atoms with E-state index in [9.17, 15) is 0 Å². The molecule has 0 saturated heterocycles. The van der Waals surface area contributed by atoms with E-state index in [1.807, 2.05) is 18.7 Å². The van der Waals surface area contributed by atoms with Crippen LogP contribution in [0.1, 0.15) is 25.6 Å². The van der Waals surface area contributed by atoms with Crippen LogP contribution in [0.3, 0.4) is 0 Å². The van der Waals surface area contributed by atoms with Gasteiger partial charge in [0.05, 0.1) is 12.3 Å². The predicted molar refractivity (Wildman–Crippen MR) is 75.0 cm³/mol. The molecular formula is C12H23N3OS. The van der Waals surface area contributed by atoms with Crippen LogP contribution in [0.2, 0.25) is 0 Å². The van der Waals surface area contributed by atoms with Crippen molar-refractivity contribution in [2.24, 2.45) is 0 Å². The number of nitrogens with zero attached hydrogens (tertiary/aromatic N) is 2. The molecule has 1 N–H and O–H groups in total. The number of aromatic nitrogens is 2. The molecule has 1 rings (SSSR count). The van der Waals surface area contributed by atoms with E-state index in [2.05, 4.69) is 34.9 Å². The van der Waals surface area contributed by atoms with Gasteiger partial charge in [-0.3, -0.25) is 0 Å². The van der Waals surface area contributed by atoms with Gasteiger partial charge in [0, 0.05) is 31.6 Å². The van der Waals surface area contributed by atoms with E-state index in [4.69, 9.17) is 4.74 Å². The van der Waals surface area contributed by atoms with Crippen LogP contribution in [-0.2, 0) is 4.74 Å². The monoisotopic (exact) mass is 257 g/mol. The zero-order valence-corrected chi connectivity index (χ0v) is 12.0. The molecule has 0 spiro atoms. The van der Waals surface area contributed by atoms with E-state index in [-0.39, 0.29) is 0 Å². The summed E-state index contributed by atoms with van der Waals surface area (Å²) < 4.78 is 7.25. The highest BCUT2D eigenvalue weighted by Gasteiger charge is 2.11. The molecule has 17 heavy (non-hydrogen) atoms. The largest absolute Gasteiger partial charge is 0.383 e. The Kier molecular flexibility index (Phi) is 6.44. The van der Waals surface area contributed by atoms with E-state index >= 15 is 0 Å². The fourth-order valence-electron chi connectivity index (χ4n) is 1.62. The summed E-state index contributed by atoms with van der Waals surface area (Å²) in [6.07, 6.45) is 2.11. The Hall–Kier alpha value is -0.680.